The molecule has 0 heterocycles. The summed E-state index contributed by atoms with van der Waals surface area (Å²) in [5.41, 5.74) is 2.29. The zero-order valence-electron chi connectivity index (χ0n) is 7.95. The van der Waals surface area contributed by atoms with E-state index in [9.17, 15) is 4.79 Å². The molecule has 2 heteroatoms. The number of aliphatic carboxylic acids is 1. The molecule has 0 fully saturated rings. The van der Waals surface area contributed by atoms with Gasteiger partial charge in [-0.25, -0.2) is 0 Å². The van der Waals surface area contributed by atoms with Gasteiger partial charge in [0.1, 0.15) is 0 Å². The molecular weight excluding hydrogens is 176 g/mol. The maximum Gasteiger partial charge on any atom is 0.306 e. The number of carboxylic acid groups (broad SMARTS) is 1. The van der Waals surface area contributed by atoms with Crippen LogP contribution < -0.4 is 0 Å². The molecule has 0 aliphatic rings. The van der Waals surface area contributed by atoms with Gasteiger partial charge in [-0.1, -0.05) is 38.6 Å². The quantitative estimate of drug-likeness (QED) is 0.803. The minimum Gasteiger partial charge on any atom is -0.481 e. The fourth-order valence-electron chi connectivity index (χ4n) is 1.26. The van der Waals surface area contributed by atoms with Crippen molar-refractivity contribution in [2.75, 3.05) is 0 Å². The number of hydrogen-bond donors (Lipinski definition) is 1. The highest BCUT2D eigenvalue weighted by Crippen LogP contribution is 2.12. The summed E-state index contributed by atoms with van der Waals surface area (Å²) in [6, 6.07) is 7.89. The Morgan fingerprint density at radius 1 is 1.43 bits per heavy atom. The van der Waals surface area contributed by atoms with Gasteiger partial charge in [-0.15, -0.1) is 0 Å². The third-order valence-electron chi connectivity index (χ3n) is 2.21. The average Bonchev–Trinajstić information content (AvgIpc) is 2.08. The number of aryl methyl sites for hydroxylation is 1. The molecule has 0 radical (unpaired) electrons. The van der Waals surface area contributed by atoms with E-state index in [1.165, 1.54) is 0 Å². The van der Waals surface area contributed by atoms with Crippen molar-refractivity contribution in [2.24, 2.45) is 5.92 Å². The van der Waals surface area contributed by atoms with Crippen LogP contribution in [0.2, 0.25) is 0 Å². The van der Waals surface area contributed by atoms with E-state index in [0.717, 1.165) is 11.1 Å². The van der Waals surface area contributed by atoms with Crippen LogP contribution in [-0.2, 0) is 11.2 Å². The maximum absolute atomic E-state index is 10.6. The molecule has 1 unspecified atom stereocenters. The lowest BCUT2D eigenvalue weighted by molar-refractivity contribution is -0.141. The Bertz CT molecular complexity index is 305. The Morgan fingerprint density at radius 2 is 2.00 bits per heavy atom. The Morgan fingerprint density at radius 3 is 2.50 bits per heavy atom. The molecule has 1 aromatic carbocycles. The van der Waals surface area contributed by atoms with Gasteiger partial charge in [0.2, 0.25) is 0 Å². The van der Waals surface area contributed by atoms with Crippen molar-refractivity contribution in [2.45, 2.75) is 27.7 Å². The molecule has 0 aliphatic carbocycles. The molecule has 0 aromatic heterocycles. The second-order valence-corrected chi connectivity index (χ2v) is 3.37. The van der Waals surface area contributed by atoms with Crippen LogP contribution in [0.15, 0.2) is 24.3 Å². The molecule has 1 atom stereocenters. The van der Waals surface area contributed by atoms with Crippen molar-refractivity contribution in [3.8, 4) is 0 Å². The maximum atomic E-state index is 10.6. The van der Waals surface area contributed by atoms with Gasteiger partial charge in [0, 0.05) is 0 Å². The van der Waals surface area contributed by atoms with Crippen LogP contribution in [0.3, 0.4) is 0 Å². The Labute approximate surface area is 85.6 Å². The monoisotopic (exact) mass is 194 g/mol. The molecule has 1 rings (SSSR count). The van der Waals surface area contributed by atoms with Gasteiger partial charge >= 0.3 is 5.97 Å². The Kier molecular flexibility index (Phi) is 4.92. The number of rotatable bonds is 3. The standard InChI is InChI=1S/C11H14O2.CH4/c1-8-5-3-4-6-10(8)7-9(2)11(12)13;/h3-6,9H,7H2,1-2H3,(H,12,13);1H4. The first-order chi connectivity index (χ1) is 6.11. The summed E-state index contributed by atoms with van der Waals surface area (Å²) in [6.45, 7) is 3.73. The minimum absolute atomic E-state index is 0. The van der Waals surface area contributed by atoms with Crippen molar-refractivity contribution in [3.05, 3.63) is 35.4 Å². The van der Waals surface area contributed by atoms with Gasteiger partial charge in [0.05, 0.1) is 5.92 Å². The van der Waals surface area contributed by atoms with Crippen molar-refractivity contribution in [1.29, 1.82) is 0 Å². The third-order valence-corrected chi connectivity index (χ3v) is 2.21. The molecule has 78 valence electrons. The highest BCUT2D eigenvalue weighted by Gasteiger charge is 2.11. The van der Waals surface area contributed by atoms with E-state index in [1.54, 1.807) is 6.92 Å². The first-order valence-electron chi connectivity index (χ1n) is 4.38. The molecule has 0 saturated carbocycles. The highest BCUT2D eigenvalue weighted by atomic mass is 16.4. The zero-order valence-corrected chi connectivity index (χ0v) is 7.95. The van der Waals surface area contributed by atoms with E-state index in [0.29, 0.717) is 6.42 Å². The number of carbonyl (C=O) groups is 1. The summed E-state index contributed by atoms with van der Waals surface area (Å²) in [6.07, 6.45) is 0.613. The van der Waals surface area contributed by atoms with E-state index in [2.05, 4.69) is 0 Å². The molecule has 0 bridgehead atoms. The van der Waals surface area contributed by atoms with Crippen LogP contribution in [0.25, 0.3) is 0 Å². The van der Waals surface area contributed by atoms with E-state index < -0.39 is 5.97 Å². The smallest absolute Gasteiger partial charge is 0.306 e. The lowest BCUT2D eigenvalue weighted by Gasteiger charge is -2.08. The second-order valence-electron chi connectivity index (χ2n) is 3.37. The molecule has 0 saturated heterocycles. The third kappa shape index (κ3) is 3.21. The summed E-state index contributed by atoms with van der Waals surface area (Å²) < 4.78 is 0. The lowest BCUT2D eigenvalue weighted by Crippen LogP contribution is -2.12. The topological polar surface area (TPSA) is 37.3 Å². The SMILES string of the molecule is C.Cc1ccccc1CC(C)C(=O)O. The molecule has 0 spiro atoms. The van der Waals surface area contributed by atoms with Crippen LogP contribution in [-0.4, -0.2) is 11.1 Å². The largest absolute Gasteiger partial charge is 0.481 e. The number of carboxylic acids is 1. The van der Waals surface area contributed by atoms with Gasteiger partial charge in [0.25, 0.3) is 0 Å². The van der Waals surface area contributed by atoms with Crippen LogP contribution in [0.5, 0.6) is 0 Å². The Balaban J connectivity index is 0.00000169. The summed E-state index contributed by atoms with van der Waals surface area (Å²) in [5, 5.41) is 8.73. The molecule has 2 nitrogen and oxygen atoms in total. The highest BCUT2D eigenvalue weighted by molar-refractivity contribution is 5.69. The Hall–Kier alpha value is -1.31. The van der Waals surface area contributed by atoms with Crippen LogP contribution in [0.1, 0.15) is 25.5 Å². The minimum atomic E-state index is -0.733. The lowest BCUT2D eigenvalue weighted by atomic mass is 9.98. The molecule has 0 amide bonds. The zero-order chi connectivity index (χ0) is 9.84. The van der Waals surface area contributed by atoms with Gasteiger partial charge in [-0.2, -0.15) is 0 Å². The van der Waals surface area contributed by atoms with Crippen molar-refractivity contribution in [3.63, 3.8) is 0 Å². The molecule has 0 aliphatic heterocycles. The summed E-state index contributed by atoms with van der Waals surface area (Å²) in [4.78, 5) is 10.6. The van der Waals surface area contributed by atoms with Gasteiger partial charge < -0.3 is 5.11 Å². The van der Waals surface area contributed by atoms with Crippen LogP contribution >= 0.6 is 0 Å². The predicted octanol–water partition coefficient (Wildman–Crippen LogP) is 2.89. The van der Waals surface area contributed by atoms with Gasteiger partial charge in [-0.05, 0) is 24.5 Å². The van der Waals surface area contributed by atoms with E-state index in [1.807, 2.05) is 31.2 Å². The van der Waals surface area contributed by atoms with E-state index in [4.69, 9.17) is 5.11 Å². The number of benzene rings is 1. The molecule has 14 heavy (non-hydrogen) atoms. The van der Waals surface area contributed by atoms with Crippen molar-refractivity contribution >= 4 is 5.97 Å². The number of hydrogen-bond acceptors (Lipinski definition) is 1. The van der Waals surface area contributed by atoms with E-state index in [-0.39, 0.29) is 13.3 Å². The molecule has 1 N–H and O–H groups in total. The van der Waals surface area contributed by atoms with E-state index >= 15 is 0 Å². The first-order valence-corrected chi connectivity index (χ1v) is 4.38. The van der Waals surface area contributed by atoms with Crippen LogP contribution in [0.4, 0.5) is 0 Å². The average molecular weight is 194 g/mol. The fourth-order valence-corrected chi connectivity index (χ4v) is 1.26. The summed E-state index contributed by atoms with van der Waals surface area (Å²) >= 11 is 0. The summed E-state index contributed by atoms with van der Waals surface area (Å²) in [5.74, 6) is -1.04. The summed E-state index contributed by atoms with van der Waals surface area (Å²) in [7, 11) is 0. The molecular formula is C12H18O2. The molecule has 1 aromatic rings. The van der Waals surface area contributed by atoms with Crippen molar-refractivity contribution < 1.29 is 9.90 Å². The predicted molar refractivity (Wildman–Crippen MR) is 58.4 cm³/mol. The fraction of sp³-hybridized carbons (Fsp3) is 0.417. The normalized spacial score (nSPS) is 11.6. The van der Waals surface area contributed by atoms with Crippen molar-refractivity contribution in [1.82, 2.24) is 0 Å². The van der Waals surface area contributed by atoms with Gasteiger partial charge in [-0.3, -0.25) is 4.79 Å². The second kappa shape index (κ2) is 5.43. The van der Waals surface area contributed by atoms with Crippen LogP contribution in [0, 0.1) is 12.8 Å². The van der Waals surface area contributed by atoms with Gasteiger partial charge in [0.15, 0.2) is 0 Å². The first kappa shape index (κ1) is 12.7.